The highest BCUT2D eigenvalue weighted by molar-refractivity contribution is 5.79. The number of allylic oxidation sites excluding steroid dienone is 1. The van der Waals surface area contributed by atoms with Crippen molar-refractivity contribution in [2.24, 2.45) is 0 Å². The van der Waals surface area contributed by atoms with Gasteiger partial charge in [0.05, 0.1) is 6.26 Å². The summed E-state index contributed by atoms with van der Waals surface area (Å²) in [5, 5.41) is 8.16. The van der Waals surface area contributed by atoms with Crippen molar-refractivity contribution in [3.63, 3.8) is 0 Å². The van der Waals surface area contributed by atoms with E-state index < -0.39 is 11.9 Å². The lowest BCUT2D eigenvalue weighted by molar-refractivity contribution is -0.138. The van der Waals surface area contributed by atoms with Crippen LogP contribution in [-0.4, -0.2) is 17.0 Å². The van der Waals surface area contributed by atoms with Gasteiger partial charge >= 0.3 is 11.9 Å². The molecule has 4 heteroatoms. The van der Waals surface area contributed by atoms with Gasteiger partial charge in [-0.05, 0) is 6.42 Å². The van der Waals surface area contributed by atoms with Gasteiger partial charge in [-0.2, -0.15) is 0 Å². The summed E-state index contributed by atoms with van der Waals surface area (Å²) in [4.78, 5) is 20.6. The Balaban J connectivity index is 3.49. The minimum Gasteiger partial charge on any atom is -0.478 e. The molecular formula is C8H10O4. The number of esters is 1. The van der Waals surface area contributed by atoms with E-state index in [2.05, 4.69) is 11.3 Å². The van der Waals surface area contributed by atoms with E-state index in [0.717, 1.165) is 12.3 Å². The molecule has 0 spiro atoms. The molecule has 1 N–H and O–H groups in total. The van der Waals surface area contributed by atoms with Gasteiger partial charge < -0.3 is 9.84 Å². The minimum absolute atomic E-state index is 0.163. The maximum atomic E-state index is 10.6. The van der Waals surface area contributed by atoms with E-state index in [1.165, 1.54) is 6.08 Å². The van der Waals surface area contributed by atoms with E-state index in [9.17, 15) is 9.59 Å². The number of ether oxygens (including phenoxy) is 1. The number of carbonyl (C=O) groups is 2. The summed E-state index contributed by atoms with van der Waals surface area (Å²) in [7, 11) is 0. The molecule has 0 radical (unpaired) electrons. The number of carbonyl (C=O) groups excluding carboxylic acids is 1. The van der Waals surface area contributed by atoms with Crippen LogP contribution in [-0.2, 0) is 14.3 Å². The monoisotopic (exact) mass is 170 g/mol. The third-order valence-corrected chi connectivity index (χ3v) is 0.990. The molecule has 0 aromatic rings. The first kappa shape index (κ1) is 10.4. The van der Waals surface area contributed by atoms with Gasteiger partial charge in [0, 0.05) is 12.5 Å². The Hall–Kier alpha value is -1.58. The maximum Gasteiger partial charge on any atom is 0.327 e. The average Bonchev–Trinajstić information content (AvgIpc) is 1.98. The van der Waals surface area contributed by atoms with Crippen LogP contribution >= 0.6 is 0 Å². The van der Waals surface area contributed by atoms with Crippen molar-refractivity contribution >= 4 is 11.9 Å². The second-order valence-electron chi connectivity index (χ2n) is 1.94. The molecule has 0 amide bonds. The summed E-state index contributed by atoms with van der Waals surface area (Å²) in [5.74, 6) is -1.44. The molecule has 0 aliphatic carbocycles. The lowest BCUT2D eigenvalue weighted by atomic mass is 10.3. The summed E-state index contributed by atoms with van der Waals surface area (Å²) < 4.78 is 4.39. The van der Waals surface area contributed by atoms with E-state index in [1.807, 2.05) is 0 Å². The van der Waals surface area contributed by atoms with Gasteiger partial charge in [-0.3, -0.25) is 4.79 Å². The summed E-state index contributed by atoms with van der Waals surface area (Å²) >= 11 is 0. The van der Waals surface area contributed by atoms with Gasteiger partial charge in [0.1, 0.15) is 0 Å². The zero-order valence-electron chi connectivity index (χ0n) is 6.53. The number of aliphatic carboxylic acids is 1. The minimum atomic E-state index is -1.02. The van der Waals surface area contributed by atoms with Crippen molar-refractivity contribution in [3.8, 4) is 0 Å². The number of carboxylic acid groups (broad SMARTS) is 1. The number of carboxylic acids is 1. The Morgan fingerprint density at radius 1 is 1.50 bits per heavy atom. The highest BCUT2D eigenvalue weighted by atomic mass is 16.5. The number of hydrogen-bond acceptors (Lipinski definition) is 3. The largest absolute Gasteiger partial charge is 0.478 e. The van der Waals surface area contributed by atoms with Crippen molar-refractivity contribution in [2.45, 2.75) is 12.8 Å². The topological polar surface area (TPSA) is 63.6 Å². The molecule has 0 unspecified atom stereocenters. The summed E-state index contributed by atoms with van der Waals surface area (Å²) in [6.45, 7) is 3.20. The predicted octanol–water partition coefficient (Wildman–Crippen LogP) is 1.09. The molecule has 0 bridgehead atoms. The van der Waals surface area contributed by atoms with Crippen LogP contribution in [0.5, 0.6) is 0 Å². The molecule has 4 nitrogen and oxygen atoms in total. The lowest BCUT2D eigenvalue weighted by Gasteiger charge is -1.93. The van der Waals surface area contributed by atoms with Gasteiger partial charge in [-0.15, -0.1) is 0 Å². The van der Waals surface area contributed by atoms with Gasteiger partial charge in [-0.1, -0.05) is 12.7 Å². The van der Waals surface area contributed by atoms with Gasteiger partial charge in [-0.25, -0.2) is 4.79 Å². The smallest absolute Gasteiger partial charge is 0.327 e. The van der Waals surface area contributed by atoms with Crippen molar-refractivity contribution < 1.29 is 19.4 Å². The van der Waals surface area contributed by atoms with Crippen molar-refractivity contribution in [1.82, 2.24) is 0 Å². The molecule has 0 aromatic carbocycles. The highest BCUT2D eigenvalue weighted by Gasteiger charge is 1.97. The Kier molecular flexibility index (Phi) is 5.34. The molecular weight excluding hydrogens is 160 g/mol. The highest BCUT2D eigenvalue weighted by Crippen LogP contribution is 1.94. The predicted molar refractivity (Wildman–Crippen MR) is 42.3 cm³/mol. The van der Waals surface area contributed by atoms with Crippen molar-refractivity contribution in [1.29, 1.82) is 0 Å². The molecule has 0 aromatic heterocycles. The van der Waals surface area contributed by atoms with Crippen LogP contribution in [0.25, 0.3) is 0 Å². The molecule has 0 atom stereocenters. The zero-order valence-corrected chi connectivity index (χ0v) is 6.53. The fourth-order valence-electron chi connectivity index (χ4n) is 0.537. The van der Waals surface area contributed by atoms with Crippen LogP contribution in [0.1, 0.15) is 12.8 Å². The first-order valence-electron chi connectivity index (χ1n) is 3.36. The molecule has 66 valence electrons. The number of hydrogen-bond donors (Lipinski definition) is 1. The van der Waals surface area contributed by atoms with E-state index >= 15 is 0 Å². The van der Waals surface area contributed by atoms with Crippen LogP contribution in [0.15, 0.2) is 25.0 Å². The SMILES string of the molecule is C=COC(=O)CC/C=C/C(=O)O. The second-order valence-corrected chi connectivity index (χ2v) is 1.94. The fourth-order valence-corrected chi connectivity index (χ4v) is 0.537. The summed E-state index contributed by atoms with van der Waals surface area (Å²) in [6, 6.07) is 0. The van der Waals surface area contributed by atoms with Crippen LogP contribution < -0.4 is 0 Å². The molecule has 0 fully saturated rings. The molecule has 0 saturated carbocycles. The van der Waals surface area contributed by atoms with E-state index in [-0.39, 0.29) is 6.42 Å². The van der Waals surface area contributed by atoms with Gasteiger partial charge in [0.25, 0.3) is 0 Å². The van der Waals surface area contributed by atoms with Crippen LogP contribution in [0, 0.1) is 0 Å². The molecule has 0 saturated heterocycles. The Labute approximate surface area is 70.1 Å². The zero-order chi connectivity index (χ0) is 9.40. The third-order valence-electron chi connectivity index (χ3n) is 0.990. The van der Waals surface area contributed by atoms with Crippen molar-refractivity contribution in [2.75, 3.05) is 0 Å². The van der Waals surface area contributed by atoms with Crippen LogP contribution in [0.4, 0.5) is 0 Å². The maximum absolute atomic E-state index is 10.6. The van der Waals surface area contributed by atoms with Crippen LogP contribution in [0.3, 0.4) is 0 Å². The fraction of sp³-hybridized carbons (Fsp3) is 0.250. The van der Waals surface area contributed by atoms with E-state index in [4.69, 9.17) is 5.11 Å². The van der Waals surface area contributed by atoms with Crippen LogP contribution in [0.2, 0.25) is 0 Å². The molecule has 0 rings (SSSR count). The Bertz CT molecular complexity index is 205. The molecule has 0 aliphatic rings. The molecule has 12 heavy (non-hydrogen) atoms. The Morgan fingerprint density at radius 2 is 2.17 bits per heavy atom. The van der Waals surface area contributed by atoms with Crippen molar-refractivity contribution in [3.05, 3.63) is 25.0 Å². The lowest BCUT2D eigenvalue weighted by Crippen LogP contribution is -1.97. The van der Waals surface area contributed by atoms with Gasteiger partial charge in [0.2, 0.25) is 0 Å². The standard InChI is InChI=1S/C8H10O4/c1-2-12-8(11)6-4-3-5-7(9)10/h2-3,5H,1,4,6H2,(H,9,10)/b5-3+. The first-order valence-corrected chi connectivity index (χ1v) is 3.36. The Morgan fingerprint density at radius 3 is 2.67 bits per heavy atom. The first-order chi connectivity index (χ1) is 5.66. The third kappa shape index (κ3) is 6.54. The van der Waals surface area contributed by atoms with E-state index in [0.29, 0.717) is 6.42 Å². The molecule has 0 heterocycles. The quantitative estimate of drug-likeness (QED) is 0.381. The van der Waals surface area contributed by atoms with Gasteiger partial charge in [0.15, 0.2) is 0 Å². The average molecular weight is 170 g/mol. The molecule has 0 aliphatic heterocycles. The summed E-state index contributed by atoms with van der Waals surface area (Å²) in [6.07, 6.45) is 3.95. The normalized spacial score (nSPS) is 9.67. The second kappa shape index (κ2) is 6.15. The number of rotatable bonds is 5. The van der Waals surface area contributed by atoms with E-state index in [1.54, 1.807) is 0 Å². The summed E-state index contributed by atoms with van der Waals surface area (Å²) in [5.41, 5.74) is 0.